The molecule has 1 saturated heterocycles. The molecule has 3 heterocycles. The summed E-state index contributed by atoms with van der Waals surface area (Å²) in [7, 11) is 2.23. The van der Waals surface area contributed by atoms with Crippen LogP contribution in [0.4, 0.5) is 0 Å². The van der Waals surface area contributed by atoms with Gasteiger partial charge in [-0.3, -0.25) is 0 Å². The Labute approximate surface area is 135 Å². The fraction of sp³-hybridized carbons (Fsp3) is 0.421. The number of nitrogens with zero attached hydrogens (tertiary/aromatic N) is 1. The average molecular weight is 354 g/mol. The van der Waals surface area contributed by atoms with Gasteiger partial charge in [-0.1, -0.05) is 0 Å². The number of aryl methyl sites for hydroxylation is 3. The first kappa shape index (κ1) is 14.5. The summed E-state index contributed by atoms with van der Waals surface area (Å²) in [5.74, 6) is 0. The van der Waals surface area contributed by atoms with Crippen molar-refractivity contribution >= 4 is 17.7 Å². The molecule has 0 saturated carbocycles. The molecular formula is C19H25GeN2+. The monoisotopic (exact) mass is 355 g/mol. The van der Waals surface area contributed by atoms with E-state index in [0.29, 0.717) is 0 Å². The second kappa shape index (κ2) is 5.50. The summed E-state index contributed by atoms with van der Waals surface area (Å²) in [4.78, 5) is 0. The van der Waals surface area contributed by atoms with Crippen LogP contribution in [-0.2, 0) is 13.5 Å². The Morgan fingerprint density at radius 3 is 2.82 bits per heavy atom. The molecule has 2 aliphatic heterocycles. The summed E-state index contributed by atoms with van der Waals surface area (Å²) in [5.41, 5.74) is 5.78. The van der Waals surface area contributed by atoms with E-state index in [1.165, 1.54) is 52.1 Å². The fourth-order valence-electron chi connectivity index (χ4n) is 4.44. The Bertz CT molecular complexity index is 717. The second-order valence-electron chi connectivity index (χ2n) is 7.08. The molecule has 4 rings (SSSR count). The molecule has 3 heteroatoms. The van der Waals surface area contributed by atoms with E-state index in [4.69, 9.17) is 0 Å². The first-order valence-corrected chi connectivity index (χ1v) is 14.0. The van der Waals surface area contributed by atoms with Crippen molar-refractivity contribution in [3.63, 3.8) is 0 Å². The number of aromatic nitrogens is 1. The third kappa shape index (κ3) is 2.24. The van der Waals surface area contributed by atoms with Crippen LogP contribution in [0.2, 0.25) is 10.5 Å². The van der Waals surface area contributed by atoms with Crippen LogP contribution in [0.15, 0.2) is 36.5 Å². The van der Waals surface area contributed by atoms with Crippen molar-refractivity contribution < 1.29 is 4.57 Å². The fourth-order valence-corrected chi connectivity index (χ4v) is 14.6. The number of hydrogen-bond acceptors (Lipinski definition) is 1. The maximum absolute atomic E-state index is 3.67. The van der Waals surface area contributed by atoms with E-state index in [1.807, 2.05) is 0 Å². The van der Waals surface area contributed by atoms with Gasteiger partial charge in [-0.2, -0.15) is 0 Å². The van der Waals surface area contributed by atoms with Gasteiger partial charge in [0.2, 0.25) is 0 Å². The van der Waals surface area contributed by atoms with Crippen LogP contribution in [0.25, 0.3) is 11.3 Å². The summed E-state index contributed by atoms with van der Waals surface area (Å²) in [5, 5.41) is 8.03. The quantitative estimate of drug-likeness (QED) is 0.614. The molecule has 0 amide bonds. The Balaban J connectivity index is 1.86. The minimum absolute atomic E-state index is 1.25. The van der Waals surface area contributed by atoms with Gasteiger partial charge in [0.1, 0.15) is 0 Å². The number of rotatable bonds is 1. The number of hydrogen-bond donors (Lipinski definition) is 1. The van der Waals surface area contributed by atoms with E-state index in [9.17, 15) is 0 Å². The molecule has 1 aromatic heterocycles. The van der Waals surface area contributed by atoms with E-state index in [0.717, 1.165) is 0 Å². The van der Waals surface area contributed by atoms with Crippen LogP contribution in [0.5, 0.6) is 0 Å². The number of pyridine rings is 1. The molecule has 2 aliphatic rings. The van der Waals surface area contributed by atoms with E-state index in [-0.39, 0.29) is 0 Å². The van der Waals surface area contributed by atoms with E-state index in [1.54, 1.807) is 9.96 Å². The van der Waals surface area contributed by atoms with Crippen molar-refractivity contribution in [3.05, 3.63) is 47.7 Å². The molecule has 1 unspecified atom stereocenters. The van der Waals surface area contributed by atoms with Crippen LogP contribution in [-0.4, -0.2) is 25.2 Å². The molecule has 22 heavy (non-hydrogen) atoms. The van der Waals surface area contributed by atoms with Crippen molar-refractivity contribution in [3.8, 4) is 11.3 Å². The van der Waals surface area contributed by atoms with E-state index < -0.39 is 13.3 Å². The van der Waals surface area contributed by atoms with Gasteiger partial charge in [0, 0.05) is 0 Å². The predicted octanol–water partition coefficient (Wildman–Crippen LogP) is 2.23. The van der Waals surface area contributed by atoms with Crippen LogP contribution >= 0.6 is 0 Å². The number of nitrogens with one attached hydrogen (secondary N) is 1. The van der Waals surface area contributed by atoms with Crippen molar-refractivity contribution in [2.24, 2.45) is 7.05 Å². The predicted molar refractivity (Wildman–Crippen MR) is 94.0 cm³/mol. The van der Waals surface area contributed by atoms with Gasteiger partial charge >= 0.3 is 136 Å². The standard InChI is InChI=1S/C19H25GeN2/c1-15-6-3-4-8-17(15)19-12-16-7-5-9-20(10-11-21-14-20)18(16)13-22(19)2/h3-4,6,8,12-13,21H,5,7,9-11,14H2,1-2H3/q+1. The SMILES string of the molecule is Cc1ccccc1-c1cc2[c](c[n+]1C)[Ge]1([CH2]CC2)[CH2]CN[CH2]1. The number of fused-ring (bicyclic) bond motifs is 2. The molecule has 2 aromatic rings. The van der Waals surface area contributed by atoms with E-state index in [2.05, 4.69) is 60.4 Å². The Kier molecular flexibility index (Phi) is 3.62. The molecule has 0 bridgehead atoms. The second-order valence-corrected chi connectivity index (χ2v) is 16.4. The first-order valence-electron chi connectivity index (χ1n) is 8.49. The normalized spacial score (nSPS) is 23.7. The molecule has 114 valence electrons. The Morgan fingerprint density at radius 1 is 1.18 bits per heavy atom. The van der Waals surface area contributed by atoms with Crippen LogP contribution in [0.3, 0.4) is 0 Å². The molecule has 2 nitrogen and oxygen atoms in total. The zero-order valence-corrected chi connectivity index (χ0v) is 15.8. The Morgan fingerprint density at radius 2 is 2.05 bits per heavy atom. The third-order valence-electron chi connectivity index (χ3n) is 5.70. The van der Waals surface area contributed by atoms with E-state index >= 15 is 0 Å². The molecular weight excluding hydrogens is 329 g/mol. The van der Waals surface area contributed by atoms with Crippen LogP contribution in [0.1, 0.15) is 17.5 Å². The van der Waals surface area contributed by atoms with Crippen molar-refractivity contribution in [1.82, 2.24) is 5.32 Å². The summed E-state index contributed by atoms with van der Waals surface area (Å²) in [6.07, 6.45) is 5.20. The topological polar surface area (TPSA) is 15.9 Å². The molecule has 1 fully saturated rings. The van der Waals surface area contributed by atoms with Gasteiger partial charge in [-0.05, 0) is 0 Å². The van der Waals surface area contributed by atoms with Gasteiger partial charge in [-0.15, -0.1) is 0 Å². The van der Waals surface area contributed by atoms with Crippen molar-refractivity contribution in [1.29, 1.82) is 0 Å². The van der Waals surface area contributed by atoms with Gasteiger partial charge in [0.25, 0.3) is 0 Å². The minimum atomic E-state index is -1.81. The molecule has 1 spiro atoms. The van der Waals surface area contributed by atoms with Crippen LogP contribution in [0, 0.1) is 6.92 Å². The first-order chi connectivity index (χ1) is 10.7. The van der Waals surface area contributed by atoms with Crippen molar-refractivity contribution in [2.75, 3.05) is 11.9 Å². The van der Waals surface area contributed by atoms with Gasteiger partial charge in [-0.25, -0.2) is 0 Å². The summed E-state index contributed by atoms with van der Waals surface area (Å²) < 4.78 is 4.17. The molecule has 0 aliphatic carbocycles. The van der Waals surface area contributed by atoms with Gasteiger partial charge in [0.15, 0.2) is 0 Å². The average Bonchev–Trinajstić information content (AvgIpc) is 2.98. The van der Waals surface area contributed by atoms with Gasteiger partial charge in [0.05, 0.1) is 0 Å². The molecule has 1 atom stereocenters. The summed E-state index contributed by atoms with van der Waals surface area (Å²) >= 11 is -1.81. The zero-order chi connectivity index (χ0) is 15.2. The molecule has 1 N–H and O–H groups in total. The summed E-state index contributed by atoms with van der Waals surface area (Å²) in [6.45, 7) is 3.47. The Hall–Kier alpha value is -1.13. The maximum atomic E-state index is 3.67. The molecule has 0 radical (unpaired) electrons. The van der Waals surface area contributed by atoms with Gasteiger partial charge < -0.3 is 0 Å². The zero-order valence-electron chi connectivity index (χ0n) is 13.7. The van der Waals surface area contributed by atoms with Crippen LogP contribution < -0.4 is 14.3 Å². The third-order valence-corrected chi connectivity index (χ3v) is 16.3. The number of benzene rings is 1. The van der Waals surface area contributed by atoms with Crippen molar-refractivity contribution in [2.45, 2.75) is 30.3 Å². The molecule has 1 aromatic carbocycles. The summed E-state index contributed by atoms with van der Waals surface area (Å²) in [6, 6.07) is 11.3.